The second-order valence-corrected chi connectivity index (χ2v) is 8.92. The molecule has 2 aliphatic rings. The Bertz CT molecular complexity index is 1140. The third-order valence-electron chi connectivity index (χ3n) is 6.75. The van der Waals surface area contributed by atoms with Gasteiger partial charge in [-0.15, -0.1) is 0 Å². The number of aromatic nitrogens is 4. The van der Waals surface area contributed by atoms with Crippen LogP contribution in [0.5, 0.6) is 0 Å². The van der Waals surface area contributed by atoms with Crippen LogP contribution in [0.4, 0.5) is 10.2 Å². The molecular formula is C24H29FN6O. The molecule has 0 radical (unpaired) electrons. The first-order chi connectivity index (χ1) is 15.5. The van der Waals surface area contributed by atoms with Crippen molar-refractivity contribution in [2.45, 2.75) is 63.6 Å². The Labute approximate surface area is 187 Å². The van der Waals surface area contributed by atoms with Gasteiger partial charge >= 0.3 is 0 Å². The fourth-order valence-corrected chi connectivity index (χ4v) is 5.00. The maximum Gasteiger partial charge on any atom is 0.166 e. The number of hydrogen-bond acceptors (Lipinski definition) is 6. The maximum absolute atomic E-state index is 13.9. The molecule has 1 aliphatic heterocycles. The van der Waals surface area contributed by atoms with Crippen LogP contribution < -0.4 is 10.2 Å². The van der Waals surface area contributed by atoms with Crippen LogP contribution in [0, 0.1) is 12.7 Å². The molecular weight excluding hydrogens is 407 g/mol. The Balaban J connectivity index is 1.42. The minimum Gasteiger partial charge on any atom is -0.393 e. The summed E-state index contributed by atoms with van der Waals surface area (Å²) in [6.07, 6.45) is 10.2. The quantitative estimate of drug-likeness (QED) is 0.634. The van der Waals surface area contributed by atoms with Gasteiger partial charge in [0, 0.05) is 30.2 Å². The molecule has 1 aliphatic carbocycles. The number of pyridine rings is 1. The number of halogens is 1. The summed E-state index contributed by atoms with van der Waals surface area (Å²) < 4.78 is 15.7. The van der Waals surface area contributed by atoms with Crippen molar-refractivity contribution in [1.29, 1.82) is 0 Å². The van der Waals surface area contributed by atoms with Gasteiger partial charge in [-0.25, -0.2) is 13.9 Å². The van der Waals surface area contributed by atoms with Crippen molar-refractivity contribution < 1.29 is 9.50 Å². The smallest absolute Gasteiger partial charge is 0.166 e. The van der Waals surface area contributed by atoms with Crippen LogP contribution in [0.2, 0.25) is 0 Å². The van der Waals surface area contributed by atoms with E-state index >= 15 is 0 Å². The first-order valence-electron chi connectivity index (χ1n) is 11.4. The molecule has 3 aromatic rings. The molecule has 3 aromatic heterocycles. The largest absolute Gasteiger partial charge is 0.393 e. The molecule has 0 spiro atoms. The molecule has 8 heteroatoms. The molecule has 168 valence electrons. The topological polar surface area (TPSA) is 78.6 Å². The van der Waals surface area contributed by atoms with Crippen molar-refractivity contribution in [2.75, 3.05) is 11.4 Å². The molecule has 4 heterocycles. The molecule has 0 amide bonds. The third-order valence-corrected chi connectivity index (χ3v) is 6.75. The predicted molar refractivity (Wildman–Crippen MR) is 122 cm³/mol. The van der Waals surface area contributed by atoms with Gasteiger partial charge in [0.05, 0.1) is 30.1 Å². The summed E-state index contributed by atoms with van der Waals surface area (Å²) in [5, 5.41) is 17.7. The van der Waals surface area contributed by atoms with Crippen molar-refractivity contribution in [3.8, 4) is 0 Å². The highest BCUT2D eigenvalue weighted by atomic mass is 19.1. The van der Waals surface area contributed by atoms with Gasteiger partial charge in [-0.1, -0.05) is 6.58 Å². The Morgan fingerprint density at radius 3 is 2.84 bits per heavy atom. The fourth-order valence-electron chi connectivity index (χ4n) is 5.00. The molecule has 2 N–H and O–H groups in total. The lowest BCUT2D eigenvalue weighted by atomic mass is 9.93. The summed E-state index contributed by atoms with van der Waals surface area (Å²) in [6.45, 7) is 7.03. The Morgan fingerprint density at radius 1 is 1.22 bits per heavy atom. The molecule has 1 saturated heterocycles. The van der Waals surface area contributed by atoms with Crippen molar-refractivity contribution in [2.24, 2.45) is 0 Å². The second-order valence-electron chi connectivity index (χ2n) is 8.92. The molecule has 0 bridgehead atoms. The van der Waals surface area contributed by atoms with E-state index in [9.17, 15) is 9.50 Å². The van der Waals surface area contributed by atoms with Crippen LogP contribution in [0.15, 0.2) is 37.3 Å². The number of aliphatic hydroxyl groups is 1. The second kappa shape index (κ2) is 8.50. The van der Waals surface area contributed by atoms with E-state index in [1.807, 2.05) is 19.2 Å². The summed E-state index contributed by atoms with van der Waals surface area (Å²) in [6, 6.07) is 3.91. The number of aryl methyl sites for hydroxylation is 1. The Morgan fingerprint density at radius 2 is 2.03 bits per heavy atom. The summed E-state index contributed by atoms with van der Waals surface area (Å²) in [7, 11) is 0. The molecule has 32 heavy (non-hydrogen) atoms. The number of aliphatic hydroxyl groups excluding tert-OH is 1. The van der Waals surface area contributed by atoms with Gasteiger partial charge in [0.2, 0.25) is 0 Å². The lowest BCUT2D eigenvalue weighted by Crippen LogP contribution is -2.33. The number of rotatable bonds is 5. The van der Waals surface area contributed by atoms with E-state index in [0.29, 0.717) is 6.04 Å². The van der Waals surface area contributed by atoms with Crippen LogP contribution in [0.1, 0.15) is 61.4 Å². The molecule has 1 saturated carbocycles. The maximum atomic E-state index is 13.9. The van der Waals surface area contributed by atoms with E-state index in [-0.39, 0.29) is 18.0 Å². The highest BCUT2D eigenvalue weighted by Gasteiger charge is 2.29. The van der Waals surface area contributed by atoms with Crippen LogP contribution >= 0.6 is 0 Å². The summed E-state index contributed by atoms with van der Waals surface area (Å²) >= 11 is 0. The van der Waals surface area contributed by atoms with E-state index in [0.717, 1.165) is 79.1 Å². The zero-order valence-corrected chi connectivity index (χ0v) is 18.3. The standard InChI is InChI=1S/C24H29FN6O/c1-15-20(12-17(25)13-26-15)22-4-3-10-30(22)23-9-11-31-24(29-23)21(14-27-31)16(2)28-18-5-7-19(32)8-6-18/h9,11-14,18-19,22,28,32H,2-8,10H2,1H3/t18-,19+,22?. The number of fused-ring (bicyclic) bond motifs is 1. The number of nitrogens with one attached hydrogen (secondary N) is 1. The van der Waals surface area contributed by atoms with Crippen LogP contribution in [0.25, 0.3) is 11.3 Å². The molecule has 0 aromatic carbocycles. The fraction of sp³-hybridized carbons (Fsp3) is 0.458. The van der Waals surface area contributed by atoms with Crippen molar-refractivity contribution >= 4 is 17.2 Å². The van der Waals surface area contributed by atoms with E-state index in [1.165, 1.54) is 6.20 Å². The highest BCUT2D eigenvalue weighted by Crippen LogP contribution is 2.37. The Kier molecular flexibility index (Phi) is 5.55. The SMILES string of the molecule is C=C(N[C@H]1CC[C@@H](O)CC1)c1cnn2ccc(N3CCCC3c3cc(F)cnc3C)nc12. The van der Waals surface area contributed by atoms with Gasteiger partial charge in [0.15, 0.2) is 5.65 Å². The normalized spacial score (nSPS) is 23.6. The molecule has 5 rings (SSSR count). The Hall–Kier alpha value is -3.00. The first kappa shape index (κ1) is 20.9. The van der Waals surface area contributed by atoms with Gasteiger partial charge in [0.1, 0.15) is 11.6 Å². The van der Waals surface area contributed by atoms with E-state index in [2.05, 4.69) is 26.9 Å². The van der Waals surface area contributed by atoms with Gasteiger partial charge in [-0.05, 0) is 63.1 Å². The summed E-state index contributed by atoms with van der Waals surface area (Å²) in [5.74, 6) is 0.538. The highest BCUT2D eigenvalue weighted by molar-refractivity contribution is 5.74. The monoisotopic (exact) mass is 436 g/mol. The minimum atomic E-state index is -0.309. The summed E-state index contributed by atoms with van der Waals surface area (Å²) in [5.41, 5.74) is 4.19. The average molecular weight is 437 g/mol. The van der Waals surface area contributed by atoms with Gasteiger partial charge in [-0.2, -0.15) is 5.10 Å². The van der Waals surface area contributed by atoms with Crippen LogP contribution in [0.3, 0.4) is 0 Å². The molecule has 2 fully saturated rings. The minimum absolute atomic E-state index is 0.0505. The van der Waals surface area contributed by atoms with E-state index in [1.54, 1.807) is 16.8 Å². The zero-order valence-electron chi connectivity index (χ0n) is 18.3. The molecule has 1 unspecified atom stereocenters. The van der Waals surface area contributed by atoms with E-state index < -0.39 is 0 Å². The average Bonchev–Trinajstić information content (AvgIpc) is 3.43. The lowest BCUT2D eigenvalue weighted by Gasteiger charge is -2.28. The lowest BCUT2D eigenvalue weighted by molar-refractivity contribution is 0.120. The van der Waals surface area contributed by atoms with Crippen LogP contribution in [-0.2, 0) is 0 Å². The first-order valence-corrected chi connectivity index (χ1v) is 11.4. The molecule has 1 atom stereocenters. The predicted octanol–water partition coefficient (Wildman–Crippen LogP) is 3.78. The van der Waals surface area contributed by atoms with Crippen molar-refractivity contribution in [1.82, 2.24) is 24.9 Å². The van der Waals surface area contributed by atoms with Gasteiger partial charge in [0.25, 0.3) is 0 Å². The number of anilines is 1. The molecule has 7 nitrogen and oxygen atoms in total. The number of nitrogens with zero attached hydrogens (tertiary/aromatic N) is 5. The van der Waals surface area contributed by atoms with E-state index in [4.69, 9.17) is 4.98 Å². The summed E-state index contributed by atoms with van der Waals surface area (Å²) in [4.78, 5) is 11.4. The van der Waals surface area contributed by atoms with Gasteiger partial charge in [-0.3, -0.25) is 4.98 Å². The third kappa shape index (κ3) is 3.95. The number of hydrogen-bond donors (Lipinski definition) is 2. The van der Waals surface area contributed by atoms with Crippen LogP contribution in [-0.4, -0.2) is 43.4 Å². The zero-order chi connectivity index (χ0) is 22.2. The van der Waals surface area contributed by atoms with Crippen molar-refractivity contribution in [3.05, 3.63) is 59.9 Å². The van der Waals surface area contributed by atoms with Gasteiger partial charge < -0.3 is 15.3 Å². The van der Waals surface area contributed by atoms with Crippen molar-refractivity contribution in [3.63, 3.8) is 0 Å².